The largest absolute Gasteiger partial charge is 0.357 e. The summed E-state index contributed by atoms with van der Waals surface area (Å²) < 4.78 is 1.29. The van der Waals surface area contributed by atoms with E-state index in [1.165, 1.54) is 39.5 Å². The highest BCUT2D eigenvalue weighted by Gasteiger charge is 2.28. The lowest BCUT2D eigenvalue weighted by Crippen LogP contribution is -1.82. The standard InChI is InChI=1S/C13H14BrN/c1-2-8-4-3-5-10-11(14)13(9-6-7-9)15-12(8)10/h3-5,9,15H,2,6-7H2,1H3. The molecule has 1 aliphatic carbocycles. The van der Waals surface area contributed by atoms with Crippen LogP contribution in [0.1, 0.15) is 36.9 Å². The normalized spacial score (nSPS) is 16.1. The van der Waals surface area contributed by atoms with Crippen molar-refractivity contribution < 1.29 is 0 Å². The van der Waals surface area contributed by atoms with Gasteiger partial charge >= 0.3 is 0 Å². The quantitative estimate of drug-likeness (QED) is 0.829. The monoisotopic (exact) mass is 263 g/mol. The molecule has 2 heteroatoms. The summed E-state index contributed by atoms with van der Waals surface area (Å²) in [5.41, 5.74) is 4.15. The Morgan fingerprint density at radius 2 is 2.20 bits per heavy atom. The zero-order valence-electron chi connectivity index (χ0n) is 8.81. The molecule has 0 saturated heterocycles. The van der Waals surface area contributed by atoms with Crippen molar-refractivity contribution in [2.45, 2.75) is 32.1 Å². The van der Waals surface area contributed by atoms with Gasteiger partial charge in [-0.1, -0.05) is 25.1 Å². The maximum absolute atomic E-state index is 3.72. The second-order valence-corrected chi connectivity index (χ2v) is 5.11. The van der Waals surface area contributed by atoms with Gasteiger partial charge in [0, 0.05) is 27.0 Å². The van der Waals surface area contributed by atoms with Gasteiger partial charge in [0.1, 0.15) is 0 Å². The van der Waals surface area contributed by atoms with Gasteiger partial charge in [-0.25, -0.2) is 0 Å². The first-order chi connectivity index (χ1) is 7.31. The molecule has 0 aliphatic heterocycles. The molecule has 1 aromatic heterocycles. The van der Waals surface area contributed by atoms with Crippen LogP contribution in [0, 0.1) is 0 Å². The summed E-state index contributed by atoms with van der Waals surface area (Å²) in [7, 11) is 0. The van der Waals surface area contributed by atoms with E-state index < -0.39 is 0 Å². The average molecular weight is 264 g/mol. The number of aromatic nitrogens is 1. The number of para-hydroxylation sites is 1. The minimum absolute atomic E-state index is 0.775. The smallest absolute Gasteiger partial charge is 0.0500 e. The number of rotatable bonds is 2. The molecule has 1 aliphatic rings. The van der Waals surface area contributed by atoms with Gasteiger partial charge in [0.15, 0.2) is 0 Å². The molecule has 0 amide bonds. The van der Waals surface area contributed by atoms with Crippen molar-refractivity contribution in [3.8, 4) is 0 Å². The third kappa shape index (κ3) is 1.43. The van der Waals surface area contributed by atoms with E-state index in [-0.39, 0.29) is 0 Å². The molecule has 0 spiro atoms. The van der Waals surface area contributed by atoms with E-state index in [1.807, 2.05) is 0 Å². The minimum Gasteiger partial charge on any atom is -0.357 e. The van der Waals surface area contributed by atoms with E-state index in [4.69, 9.17) is 0 Å². The van der Waals surface area contributed by atoms with E-state index in [1.54, 1.807) is 0 Å². The van der Waals surface area contributed by atoms with Gasteiger partial charge in [0.2, 0.25) is 0 Å². The van der Waals surface area contributed by atoms with Crippen molar-refractivity contribution >= 4 is 26.8 Å². The Labute approximate surface area is 98.0 Å². The van der Waals surface area contributed by atoms with E-state index in [0.717, 1.165) is 12.3 Å². The number of aromatic amines is 1. The Hall–Kier alpha value is -0.760. The van der Waals surface area contributed by atoms with E-state index in [2.05, 4.69) is 46.0 Å². The molecule has 0 bridgehead atoms. The number of fused-ring (bicyclic) bond motifs is 1. The molecule has 3 rings (SSSR count). The van der Waals surface area contributed by atoms with Crippen LogP contribution in [0.5, 0.6) is 0 Å². The van der Waals surface area contributed by atoms with Crippen LogP contribution in [0.3, 0.4) is 0 Å². The third-order valence-electron chi connectivity index (χ3n) is 3.25. The molecule has 1 fully saturated rings. The van der Waals surface area contributed by atoms with Crippen molar-refractivity contribution in [2.24, 2.45) is 0 Å². The molecule has 0 atom stereocenters. The van der Waals surface area contributed by atoms with Gasteiger partial charge in [-0.2, -0.15) is 0 Å². The molecule has 2 aromatic rings. The van der Waals surface area contributed by atoms with Crippen LogP contribution in [0.25, 0.3) is 10.9 Å². The fourth-order valence-electron chi connectivity index (χ4n) is 2.21. The zero-order chi connectivity index (χ0) is 10.4. The number of benzene rings is 1. The molecule has 0 unspecified atom stereocenters. The fourth-order valence-corrected chi connectivity index (χ4v) is 2.97. The molecular weight excluding hydrogens is 250 g/mol. The van der Waals surface area contributed by atoms with Crippen LogP contribution >= 0.6 is 15.9 Å². The summed E-state index contributed by atoms with van der Waals surface area (Å²) >= 11 is 3.72. The zero-order valence-corrected chi connectivity index (χ0v) is 10.4. The Morgan fingerprint density at radius 1 is 1.40 bits per heavy atom. The lowest BCUT2D eigenvalue weighted by atomic mass is 10.1. The Morgan fingerprint density at radius 3 is 2.87 bits per heavy atom. The number of nitrogens with one attached hydrogen (secondary N) is 1. The maximum atomic E-state index is 3.72. The highest BCUT2D eigenvalue weighted by atomic mass is 79.9. The van der Waals surface area contributed by atoms with E-state index in [0.29, 0.717) is 0 Å². The fraction of sp³-hybridized carbons (Fsp3) is 0.385. The van der Waals surface area contributed by atoms with Crippen molar-refractivity contribution in [1.82, 2.24) is 4.98 Å². The van der Waals surface area contributed by atoms with Crippen LogP contribution < -0.4 is 0 Å². The first-order valence-electron chi connectivity index (χ1n) is 5.60. The summed E-state index contributed by atoms with van der Waals surface area (Å²) in [6.45, 7) is 2.21. The molecule has 1 aromatic carbocycles. The summed E-state index contributed by atoms with van der Waals surface area (Å²) in [5, 5.41) is 1.34. The number of aryl methyl sites for hydroxylation is 1. The van der Waals surface area contributed by atoms with Crippen molar-refractivity contribution in [1.29, 1.82) is 0 Å². The summed E-state index contributed by atoms with van der Waals surface area (Å²) in [4.78, 5) is 3.60. The Kier molecular flexibility index (Phi) is 2.13. The van der Waals surface area contributed by atoms with Gasteiger partial charge in [-0.15, -0.1) is 0 Å². The van der Waals surface area contributed by atoms with Gasteiger partial charge in [0.05, 0.1) is 0 Å². The minimum atomic E-state index is 0.775. The Bertz CT molecular complexity index is 508. The van der Waals surface area contributed by atoms with Gasteiger partial charge < -0.3 is 4.98 Å². The maximum Gasteiger partial charge on any atom is 0.0500 e. The second kappa shape index (κ2) is 3.38. The van der Waals surface area contributed by atoms with Gasteiger partial charge in [-0.05, 0) is 40.8 Å². The topological polar surface area (TPSA) is 15.8 Å². The highest BCUT2D eigenvalue weighted by Crippen LogP contribution is 2.45. The van der Waals surface area contributed by atoms with Crippen molar-refractivity contribution in [2.75, 3.05) is 0 Å². The average Bonchev–Trinajstić information content (AvgIpc) is 3.04. The Balaban J connectivity index is 2.28. The van der Waals surface area contributed by atoms with Gasteiger partial charge in [0.25, 0.3) is 0 Å². The SMILES string of the molecule is CCc1cccc2c(Br)c(C3CC3)[nH]c12. The van der Waals surface area contributed by atoms with Crippen LogP contribution in [-0.4, -0.2) is 4.98 Å². The second-order valence-electron chi connectivity index (χ2n) is 4.32. The highest BCUT2D eigenvalue weighted by molar-refractivity contribution is 9.10. The lowest BCUT2D eigenvalue weighted by Gasteiger charge is -1.97. The number of H-pyrrole nitrogens is 1. The van der Waals surface area contributed by atoms with Crippen molar-refractivity contribution in [3.05, 3.63) is 33.9 Å². The summed E-state index contributed by atoms with van der Waals surface area (Å²) in [6.07, 6.45) is 3.77. The lowest BCUT2D eigenvalue weighted by molar-refractivity contribution is 1.05. The molecule has 1 N–H and O–H groups in total. The first kappa shape index (κ1) is 9.46. The van der Waals surface area contributed by atoms with Crippen molar-refractivity contribution in [3.63, 3.8) is 0 Å². The molecule has 78 valence electrons. The molecule has 1 heterocycles. The molecule has 1 nitrogen and oxygen atoms in total. The predicted octanol–water partition coefficient (Wildman–Crippen LogP) is 4.37. The summed E-state index contributed by atoms with van der Waals surface area (Å²) in [6, 6.07) is 6.55. The van der Waals surface area contributed by atoms with E-state index in [9.17, 15) is 0 Å². The number of halogens is 1. The molecule has 15 heavy (non-hydrogen) atoms. The molecular formula is C13H14BrN. The van der Waals surface area contributed by atoms with Crippen LogP contribution in [0.15, 0.2) is 22.7 Å². The van der Waals surface area contributed by atoms with Crippen LogP contribution in [0.2, 0.25) is 0 Å². The van der Waals surface area contributed by atoms with Crippen LogP contribution in [0.4, 0.5) is 0 Å². The molecule has 1 saturated carbocycles. The molecule has 0 radical (unpaired) electrons. The van der Waals surface area contributed by atoms with E-state index >= 15 is 0 Å². The van der Waals surface area contributed by atoms with Gasteiger partial charge in [-0.3, -0.25) is 0 Å². The number of hydrogen-bond donors (Lipinski definition) is 1. The summed E-state index contributed by atoms with van der Waals surface area (Å²) in [5.74, 6) is 0.775. The third-order valence-corrected chi connectivity index (χ3v) is 4.10. The number of hydrogen-bond acceptors (Lipinski definition) is 0. The predicted molar refractivity (Wildman–Crippen MR) is 67.4 cm³/mol. The first-order valence-corrected chi connectivity index (χ1v) is 6.39. The van der Waals surface area contributed by atoms with Crippen LogP contribution in [-0.2, 0) is 6.42 Å².